The fourth-order valence-electron chi connectivity index (χ4n) is 1.80. The summed E-state index contributed by atoms with van der Waals surface area (Å²) in [6, 6.07) is 4.97. The quantitative estimate of drug-likeness (QED) is 0.843. The molecule has 0 spiro atoms. The Morgan fingerprint density at radius 1 is 1.24 bits per heavy atom. The van der Waals surface area contributed by atoms with Crippen molar-refractivity contribution in [3.63, 3.8) is 0 Å². The second kappa shape index (κ2) is 4.58. The third-order valence-corrected chi connectivity index (χ3v) is 2.62. The molecular weight excluding hydrogens is 253 g/mol. The molecule has 0 aliphatic carbocycles. The SMILES string of the molecule is Cl.Cn1cc([C@@H](N)C(F)(F)F)c2ccccc21. The summed E-state index contributed by atoms with van der Waals surface area (Å²) < 4.78 is 39.3. The minimum Gasteiger partial charge on any atom is -0.350 e. The highest BCUT2D eigenvalue weighted by atomic mass is 35.5. The third-order valence-electron chi connectivity index (χ3n) is 2.62. The molecule has 0 unspecified atom stereocenters. The van der Waals surface area contributed by atoms with E-state index in [1.807, 2.05) is 0 Å². The Labute approximate surface area is 103 Å². The van der Waals surface area contributed by atoms with Gasteiger partial charge in [0.15, 0.2) is 0 Å². The van der Waals surface area contributed by atoms with Gasteiger partial charge in [0.05, 0.1) is 0 Å². The van der Waals surface area contributed by atoms with Crippen molar-refractivity contribution >= 4 is 23.3 Å². The lowest BCUT2D eigenvalue weighted by atomic mass is 10.1. The van der Waals surface area contributed by atoms with E-state index in [0.717, 1.165) is 5.52 Å². The number of alkyl halides is 3. The van der Waals surface area contributed by atoms with Crippen LogP contribution in [0.4, 0.5) is 13.2 Å². The second-order valence-electron chi connectivity index (χ2n) is 3.73. The van der Waals surface area contributed by atoms with Crippen molar-refractivity contribution in [2.75, 3.05) is 0 Å². The van der Waals surface area contributed by atoms with Gasteiger partial charge in [0, 0.05) is 29.7 Å². The molecule has 1 aromatic carbocycles. The molecular formula is C11H12ClF3N2. The van der Waals surface area contributed by atoms with Gasteiger partial charge >= 0.3 is 6.18 Å². The number of halogens is 4. The van der Waals surface area contributed by atoms with Crippen LogP contribution < -0.4 is 5.73 Å². The van der Waals surface area contributed by atoms with E-state index < -0.39 is 12.2 Å². The second-order valence-corrected chi connectivity index (χ2v) is 3.73. The summed E-state index contributed by atoms with van der Waals surface area (Å²) in [5, 5.41) is 0.551. The summed E-state index contributed by atoms with van der Waals surface area (Å²) in [6.07, 6.45) is -2.98. The first kappa shape index (κ1) is 13.9. The molecule has 94 valence electrons. The topological polar surface area (TPSA) is 30.9 Å². The lowest BCUT2D eigenvalue weighted by Crippen LogP contribution is -2.28. The molecule has 2 aromatic rings. The van der Waals surface area contributed by atoms with E-state index in [4.69, 9.17) is 5.73 Å². The first-order chi connectivity index (χ1) is 7.41. The summed E-state index contributed by atoms with van der Waals surface area (Å²) in [4.78, 5) is 0. The summed E-state index contributed by atoms with van der Waals surface area (Å²) in [5.74, 6) is 0. The number of nitrogens with zero attached hydrogens (tertiary/aromatic N) is 1. The fraction of sp³-hybridized carbons (Fsp3) is 0.273. The Kier molecular flexibility index (Phi) is 3.74. The first-order valence-corrected chi connectivity index (χ1v) is 4.77. The number of aryl methyl sites for hydroxylation is 1. The van der Waals surface area contributed by atoms with Gasteiger partial charge in [-0.05, 0) is 6.07 Å². The molecule has 1 atom stereocenters. The van der Waals surface area contributed by atoms with Crippen LogP contribution in [0, 0.1) is 0 Å². The van der Waals surface area contributed by atoms with Crippen LogP contribution in [0.2, 0.25) is 0 Å². The van der Waals surface area contributed by atoms with Crippen molar-refractivity contribution in [3.8, 4) is 0 Å². The Bertz CT molecular complexity index is 519. The van der Waals surface area contributed by atoms with E-state index in [1.54, 1.807) is 35.9 Å². The van der Waals surface area contributed by atoms with Crippen LogP contribution in [-0.4, -0.2) is 10.7 Å². The minimum absolute atomic E-state index is 0. The highest BCUT2D eigenvalue weighted by molar-refractivity contribution is 5.85. The van der Waals surface area contributed by atoms with Crippen LogP contribution in [0.1, 0.15) is 11.6 Å². The van der Waals surface area contributed by atoms with Crippen molar-refractivity contribution < 1.29 is 13.2 Å². The molecule has 2 rings (SSSR count). The summed E-state index contributed by atoms with van der Waals surface area (Å²) in [7, 11) is 1.70. The number of benzene rings is 1. The van der Waals surface area contributed by atoms with Crippen LogP contribution in [0.25, 0.3) is 10.9 Å². The van der Waals surface area contributed by atoms with Crippen LogP contribution in [0.3, 0.4) is 0 Å². The van der Waals surface area contributed by atoms with Crippen molar-refractivity contribution in [1.82, 2.24) is 4.57 Å². The minimum atomic E-state index is -4.41. The van der Waals surface area contributed by atoms with Crippen molar-refractivity contribution in [2.45, 2.75) is 12.2 Å². The molecule has 2 N–H and O–H groups in total. The van der Waals surface area contributed by atoms with E-state index in [1.165, 1.54) is 6.20 Å². The van der Waals surface area contributed by atoms with Gasteiger partial charge in [0.2, 0.25) is 0 Å². The van der Waals surface area contributed by atoms with Gasteiger partial charge in [-0.3, -0.25) is 0 Å². The van der Waals surface area contributed by atoms with E-state index in [2.05, 4.69) is 0 Å². The molecule has 2 nitrogen and oxygen atoms in total. The van der Waals surface area contributed by atoms with Gasteiger partial charge in [-0.1, -0.05) is 18.2 Å². The number of para-hydroxylation sites is 1. The maximum absolute atomic E-state index is 12.5. The molecule has 1 heterocycles. The lowest BCUT2D eigenvalue weighted by molar-refractivity contribution is -0.148. The lowest BCUT2D eigenvalue weighted by Gasteiger charge is -2.14. The molecule has 17 heavy (non-hydrogen) atoms. The molecule has 1 aromatic heterocycles. The van der Waals surface area contributed by atoms with Crippen molar-refractivity contribution in [1.29, 1.82) is 0 Å². The molecule has 6 heteroatoms. The smallest absolute Gasteiger partial charge is 0.350 e. The first-order valence-electron chi connectivity index (χ1n) is 4.77. The van der Waals surface area contributed by atoms with Crippen LogP contribution in [-0.2, 0) is 7.05 Å². The number of fused-ring (bicyclic) bond motifs is 1. The van der Waals surface area contributed by atoms with Crippen molar-refractivity contribution in [3.05, 3.63) is 36.0 Å². The zero-order valence-corrected chi connectivity index (χ0v) is 9.85. The van der Waals surface area contributed by atoms with E-state index in [0.29, 0.717) is 5.39 Å². The Hall–Kier alpha value is -1.20. The zero-order chi connectivity index (χ0) is 11.9. The molecule has 0 saturated heterocycles. The molecule has 0 amide bonds. The molecule has 0 fully saturated rings. The van der Waals surface area contributed by atoms with E-state index in [-0.39, 0.29) is 18.0 Å². The van der Waals surface area contributed by atoms with Gasteiger partial charge in [0.25, 0.3) is 0 Å². The maximum Gasteiger partial charge on any atom is 0.407 e. The van der Waals surface area contributed by atoms with Gasteiger partial charge in [-0.15, -0.1) is 12.4 Å². The maximum atomic E-state index is 12.5. The monoisotopic (exact) mass is 264 g/mol. The average Bonchev–Trinajstić information content (AvgIpc) is 2.55. The van der Waals surface area contributed by atoms with Crippen LogP contribution >= 0.6 is 12.4 Å². The number of hydrogen-bond donors (Lipinski definition) is 1. The van der Waals surface area contributed by atoms with E-state index >= 15 is 0 Å². The van der Waals surface area contributed by atoms with Crippen LogP contribution in [0.5, 0.6) is 0 Å². The third kappa shape index (κ3) is 2.40. The standard InChI is InChI=1S/C11H11F3N2.ClH/c1-16-6-8(10(15)11(12,13)14)7-4-2-3-5-9(7)16;/h2-6,10H,15H2,1H3;1H/t10-;/m1./s1. The largest absolute Gasteiger partial charge is 0.407 e. The predicted molar refractivity (Wildman–Crippen MR) is 63.2 cm³/mol. The van der Waals surface area contributed by atoms with Gasteiger partial charge in [-0.2, -0.15) is 13.2 Å². The van der Waals surface area contributed by atoms with Crippen LogP contribution in [0.15, 0.2) is 30.5 Å². The van der Waals surface area contributed by atoms with Gasteiger partial charge in [0.1, 0.15) is 6.04 Å². The zero-order valence-electron chi connectivity index (χ0n) is 9.03. The molecule has 0 bridgehead atoms. The van der Waals surface area contributed by atoms with Gasteiger partial charge in [-0.25, -0.2) is 0 Å². The summed E-state index contributed by atoms with van der Waals surface area (Å²) in [5.41, 5.74) is 6.08. The van der Waals surface area contributed by atoms with E-state index in [9.17, 15) is 13.2 Å². The highest BCUT2D eigenvalue weighted by Gasteiger charge is 2.39. The number of nitrogens with two attached hydrogens (primary N) is 1. The molecule has 0 aliphatic rings. The normalized spacial score (nSPS) is 13.5. The number of rotatable bonds is 1. The predicted octanol–water partition coefficient (Wildman–Crippen LogP) is 3.16. The number of aromatic nitrogens is 1. The Morgan fingerprint density at radius 2 is 1.82 bits per heavy atom. The molecule has 0 radical (unpaired) electrons. The van der Waals surface area contributed by atoms with Gasteiger partial charge < -0.3 is 10.3 Å². The Morgan fingerprint density at radius 3 is 2.41 bits per heavy atom. The Balaban J connectivity index is 0.00000144. The summed E-state index contributed by atoms with van der Waals surface area (Å²) >= 11 is 0. The molecule has 0 saturated carbocycles. The highest BCUT2D eigenvalue weighted by Crippen LogP contribution is 2.34. The fourth-order valence-corrected chi connectivity index (χ4v) is 1.80. The summed E-state index contributed by atoms with van der Waals surface area (Å²) in [6.45, 7) is 0. The average molecular weight is 265 g/mol. The molecule has 0 aliphatic heterocycles. The number of hydrogen-bond acceptors (Lipinski definition) is 1. The van der Waals surface area contributed by atoms with Crippen molar-refractivity contribution in [2.24, 2.45) is 12.8 Å².